The van der Waals surface area contributed by atoms with Crippen LogP contribution in [0, 0.1) is 0 Å². The monoisotopic (exact) mass is 300 g/mol. The van der Waals surface area contributed by atoms with Crippen molar-refractivity contribution < 1.29 is 4.74 Å². The van der Waals surface area contributed by atoms with Gasteiger partial charge < -0.3 is 14.5 Å². The predicted octanol–water partition coefficient (Wildman–Crippen LogP) is 2.64. The Morgan fingerprint density at radius 1 is 1.09 bits per heavy atom. The van der Waals surface area contributed by atoms with E-state index in [-0.39, 0.29) is 0 Å². The van der Waals surface area contributed by atoms with Gasteiger partial charge in [0.25, 0.3) is 0 Å². The highest BCUT2D eigenvalue weighted by molar-refractivity contribution is 5.37. The number of rotatable bonds is 1. The van der Waals surface area contributed by atoms with Crippen molar-refractivity contribution in [2.24, 2.45) is 0 Å². The quantitative estimate of drug-likeness (QED) is 0.793. The summed E-state index contributed by atoms with van der Waals surface area (Å²) in [4.78, 5) is 5.26. The Morgan fingerprint density at radius 3 is 2.59 bits per heavy atom. The maximum Gasteiger partial charge on any atom is 0.0480 e. The van der Waals surface area contributed by atoms with Crippen LogP contribution in [0.2, 0.25) is 0 Å². The molecule has 3 nitrogen and oxygen atoms in total. The molecule has 0 unspecified atom stereocenters. The van der Waals surface area contributed by atoms with Crippen LogP contribution in [-0.4, -0.2) is 55.7 Å². The van der Waals surface area contributed by atoms with E-state index in [1.54, 1.807) is 11.1 Å². The zero-order valence-electron chi connectivity index (χ0n) is 13.8. The van der Waals surface area contributed by atoms with Crippen molar-refractivity contribution in [3.05, 3.63) is 35.4 Å². The van der Waals surface area contributed by atoms with Crippen LogP contribution in [0.25, 0.3) is 0 Å². The Labute approximate surface area is 134 Å². The molecule has 0 amide bonds. The summed E-state index contributed by atoms with van der Waals surface area (Å²) in [5.74, 6) is 0. The van der Waals surface area contributed by atoms with Crippen molar-refractivity contribution in [2.75, 3.05) is 39.9 Å². The Hall–Kier alpha value is -0.900. The van der Waals surface area contributed by atoms with Gasteiger partial charge in [0.15, 0.2) is 0 Å². The molecule has 3 heteroatoms. The smallest absolute Gasteiger partial charge is 0.0480 e. The van der Waals surface area contributed by atoms with Gasteiger partial charge in [-0.1, -0.05) is 24.3 Å². The van der Waals surface area contributed by atoms with Crippen molar-refractivity contribution in [1.29, 1.82) is 0 Å². The molecule has 2 fully saturated rings. The minimum atomic E-state index is 0.394. The summed E-state index contributed by atoms with van der Waals surface area (Å²) in [6.45, 7) is 6.77. The summed E-state index contributed by atoms with van der Waals surface area (Å²) >= 11 is 0. The molecule has 0 N–H and O–H groups in total. The Kier molecular flexibility index (Phi) is 3.97. The Bertz CT molecular complexity index is 516. The maximum absolute atomic E-state index is 5.53. The molecular weight excluding hydrogens is 272 g/mol. The van der Waals surface area contributed by atoms with Crippen molar-refractivity contribution >= 4 is 0 Å². The average Bonchev–Trinajstić information content (AvgIpc) is 2.56. The lowest BCUT2D eigenvalue weighted by molar-refractivity contribution is 0.0117. The summed E-state index contributed by atoms with van der Waals surface area (Å²) in [5, 5.41) is 0. The van der Waals surface area contributed by atoms with Gasteiger partial charge >= 0.3 is 0 Å². The summed E-state index contributed by atoms with van der Waals surface area (Å²) in [6.07, 6.45) is 5.07. The number of piperidine rings is 1. The van der Waals surface area contributed by atoms with Gasteiger partial charge in [-0.3, -0.25) is 0 Å². The molecule has 0 radical (unpaired) electrons. The minimum absolute atomic E-state index is 0.394. The van der Waals surface area contributed by atoms with E-state index >= 15 is 0 Å². The highest BCUT2D eigenvalue weighted by atomic mass is 16.5. The van der Waals surface area contributed by atoms with Crippen LogP contribution in [0.4, 0.5) is 0 Å². The van der Waals surface area contributed by atoms with Gasteiger partial charge in [-0.05, 0) is 56.9 Å². The second-order valence-corrected chi connectivity index (χ2v) is 7.49. The van der Waals surface area contributed by atoms with Crippen LogP contribution in [0.3, 0.4) is 0 Å². The zero-order chi connectivity index (χ0) is 15.0. The molecule has 3 heterocycles. The lowest BCUT2D eigenvalue weighted by atomic mass is 9.68. The molecule has 22 heavy (non-hydrogen) atoms. The topological polar surface area (TPSA) is 15.7 Å². The van der Waals surface area contributed by atoms with Crippen molar-refractivity contribution in [3.63, 3.8) is 0 Å². The standard InChI is InChI=1S/C19H28N2O/c1-20-14-16-4-2-3-5-18(16)19(15-20)8-10-21(11-9-19)17-6-12-22-13-7-17/h2-5,17H,6-15H2,1H3. The Balaban J connectivity index is 1.52. The number of likely N-dealkylation sites (tertiary alicyclic amines) is 1. The highest BCUT2D eigenvalue weighted by Crippen LogP contribution is 2.42. The molecule has 1 aromatic rings. The number of nitrogens with zero attached hydrogens (tertiary/aromatic N) is 2. The number of likely N-dealkylation sites (N-methyl/N-ethyl adjacent to an activating group) is 1. The van der Waals surface area contributed by atoms with Gasteiger partial charge in [0.1, 0.15) is 0 Å². The summed E-state index contributed by atoms with van der Waals surface area (Å²) in [5.41, 5.74) is 3.58. The van der Waals surface area contributed by atoms with E-state index in [9.17, 15) is 0 Å². The molecule has 120 valence electrons. The number of ether oxygens (including phenoxy) is 1. The maximum atomic E-state index is 5.53. The molecule has 4 rings (SSSR count). The molecule has 0 aromatic heterocycles. The third-order valence-electron chi connectivity index (χ3n) is 6.06. The van der Waals surface area contributed by atoms with E-state index in [0.29, 0.717) is 5.41 Å². The van der Waals surface area contributed by atoms with Gasteiger partial charge in [-0.2, -0.15) is 0 Å². The van der Waals surface area contributed by atoms with Gasteiger partial charge in [0, 0.05) is 37.8 Å². The molecular formula is C19H28N2O. The second kappa shape index (κ2) is 5.95. The number of hydrogen-bond donors (Lipinski definition) is 0. The van der Waals surface area contributed by atoms with Gasteiger partial charge in [0.2, 0.25) is 0 Å². The SMILES string of the molecule is CN1Cc2ccccc2C2(CCN(C3CCOCC3)CC2)C1. The molecule has 3 aliphatic heterocycles. The molecule has 0 aliphatic carbocycles. The molecule has 1 aromatic carbocycles. The first kappa shape index (κ1) is 14.7. The third kappa shape index (κ3) is 2.60. The van der Waals surface area contributed by atoms with Gasteiger partial charge in [-0.25, -0.2) is 0 Å². The van der Waals surface area contributed by atoms with Crippen molar-refractivity contribution in [2.45, 2.75) is 43.7 Å². The number of hydrogen-bond acceptors (Lipinski definition) is 3. The van der Waals surface area contributed by atoms with E-state index < -0.39 is 0 Å². The van der Waals surface area contributed by atoms with Crippen LogP contribution in [0.5, 0.6) is 0 Å². The molecule has 1 spiro atoms. The molecule has 2 saturated heterocycles. The lowest BCUT2D eigenvalue weighted by Gasteiger charge is -2.49. The molecule has 0 saturated carbocycles. The summed E-state index contributed by atoms with van der Waals surface area (Å²) < 4.78 is 5.53. The number of fused-ring (bicyclic) bond motifs is 2. The van der Waals surface area contributed by atoms with E-state index in [2.05, 4.69) is 41.1 Å². The van der Waals surface area contributed by atoms with Gasteiger partial charge in [-0.15, -0.1) is 0 Å². The molecule has 0 atom stereocenters. The Morgan fingerprint density at radius 2 is 1.82 bits per heavy atom. The molecule has 3 aliphatic rings. The van der Waals surface area contributed by atoms with Crippen LogP contribution in [-0.2, 0) is 16.7 Å². The van der Waals surface area contributed by atoms with Crippen LogP contribution in [0.1, 0.15) is 36.8 Å². The normalized spacial score (nSPS) is 27.0. The zero-order valence-corrected chi connectivity index (χ0v) is 13.8. The second-order valence-electron chi connectivity index (χ2n) is 7.49. The fourth-order valence-electron chi connectivity index (χ4n) is 4.92. The van der Waals surface area contributed by atoms with Crippen LogP contribution >= 0.6 is 0 Å². The van der Waals surface area contributed by atoms with Gasteiger partial charge in [0.05, 0.1) is 0 Å². The lowest BCUT2D eigenvalue weighted by Crippen LogP contribution is -2.53. The third-order valence-corrected chi connectivity index (χ3v) is 6.06. The minimum Gasteiger partial charge on any atom is -0.381 e. The number of benzene rings is 1. The predicted molar refractivity (Wildman–Crippen MR) is 89.1 cm³/mol. The largest absolute Gasteiger partial charge is 0.381 e. The van der Waals surface area contributed by atoms with Crippen molar-refractivity contribution in [1.82, 2.24) is 9.80 Å². The summed E-state index contributed by atoms with van der Waals surface area (Å²) in [6, 6.07) is 9.92. The van der Waals surface area contributed by atoms with E-state index in [1.807, 2.05) is 0 Å². The first-order chi connectivity index (χ1) is 10.8. The first-order valence-electron chi connectivity index (χ1n) is 8.86. The fourth-order valence-corrected chi connectivity index (χ4v) is 4.92. The average molecular weight is 300 g/mol. The highest BCUT2D eigenvalue weighted by Gasteiger charge is 2.42. The van der Waals surface area contributed by atoms with Crippen LogP contribution in [0.15, 0.2) is 24.3 Å². The first-order valence-corrected chi connectivity index (χ1v) is 8.86. The van der Waals surface area contributed by atoms with Crippen molar-refractivity contribution in [3.8, 4) is 0 Å². The van der Waals surface area contributed by atoms with E-state index in [0.717, 1.165) is 25.8 Å². The van der Waals surface area contributed by atoms with E-state index in [4.69, 9.17) is 4.74 Å². The summed E-state index contributed by atoms with van der Waals surface area (Å²) in [7, 11) is 2.28. The van der Waals surface area contributed by atoms with E-state index in [1.165, 1.54) is 45.3 Å². The fraction of sp³-hybridized carbons (Fsp3) is 0.684. The van der Waals surface area contributed by atoms with Crippen LogP contribution < -0.4 is 0 Å². The molecule has 0 bridgehead atoms.